The summed E-state index contributed by atoms with van der Waals surface area (Å²) in [6.45, 7) is 3.37. The second kappa shape index (κ2) is 4.37. The van der Waals surface area contributed by atoms with Gasteiger partial charge in [-0.05, 0) is 19.8 Å². The van der Waals surface area contributed by atoms with E-state index in [2.05, 4.69) is 14.9 Å². The third kappa shape index (κ3) is 2.76. The number of nitrogens with zero attached hydrogens (tertiary/aromatic N) is 3. The molecule has 0 atom stereocenters. The maximum absolute atomic E-state index is 9.89. The SMILES string of the molecule is COc1cc(N2CCC(C)(O)CC2)nc(N)n1. The molecule has 0 bridgehead atoms. The van der Waals surface area contributed by atoms with E-state index in [0.29, 0.717) is 5.88 Å². The first kappa shape index (κ1) is 11.9. The summed E-state index contributed by atoms with van der Waals surface area (Å²) < 4.78 is 5.06. The van der Waals surface area contributed by atoms with E-state index in [9.17, 15) is 5.11 Å². The monoisotopic (exact) mass is 238 g/mol. The van der Waals surface area contributed by atoms with Crippen LogP contribution in [0.2, 0.25) is 0 Å². The van der Waals surface area contributed by atoms with Crippen LogP contribution < -0.4 is 15.4 Å². The number of anilines is 2. The lowest BCUT2D eigenvalue weighted by molar-refractivity contribution is 0.0350. The number of hydrogen-bond acceptors (Lipinski definition) is 6. The zero-order valence-electron chi connectivity index (χ0n) is 10.2. The van der Waals surface area contributed by atoms with Crippen molar-refractivity contribution in [2.75, 3.05) is 30.8 Å². The minimum absolute atomic E-state index is 0.205. The van der Waals surface area contributed by atoms with Gasteiger partial charge in [-0.3, -0.25) is 0 Å². The largest absolute Gasteiger partial charge is 0.481 e. The van der Waals surface area contributed by atoms with Crippen molar-refractivity contribution in [1.29, 1.82) is 0 Å². The van der Waals surface area contributed by atoms with Crippen LogP contribution in [0.25, 0.3) is 0 Å². The van der Waals surface area contributed by atoms with Gasteiger partial charge >= 0.3 is 0 Å². The molecular weight excluding hydrogens is 220 g/mol. The zero-order valence-corrected chi connectivity index (χ0v) is 10.2. The maximum Gasteiger partial charge on any atom is 0.225 e. The van der Waals surface area contributed by atoms with Crippen LogP contribution in [-0.2, 0) is 0 Å². The number of methoxy groups -OCH3 is 1. The van der Waals surface area contributed by atoms with E-state index in [1.807, 2.05) is 6.92 Å². The number of rotatable bonds is 2. The minimum atomic E-state index is -0.570. The Hall–Kier alpha value is -1.56. The van der Waals surface area contributed by atoms with Crippen molar-refractivity contribution in [1.82, 2.24) is 9.97 Å². The molecule has 6 nitrogen and oxygen atoms in total. The van der Waals surface area contributed by atoms with Crippen molar-refractivity contribution >= 4 is 11.8 Å². The molecule has 0 radical (unpaired) electrons. The van der Waals surface area contributed by atoms with Crippen LogP contribution in [0.5, 0.6) is 5.88 Å². The van der Waals surface area contributed by atoms with Crippen molar-refractivity contribution in [2.45, 2.75) is 25.4 Å². The first-order valence-corrected chi connectivity index (χ1v) is 5.66. The molecule has 1 saturated heterocycles. The van der Waals surface area contributed by atoms with Crippen molar-refractivity contribution in [3.8, 4) is 5.88 Å². The number of nitrogens with two attached hydrogens (primary N) is 1. The molecule has 0 spiro atoms. The zero-order chi connectivity index (χ0) is 12.5. The van der Waals surface area contributed by atoms with E-state index in [1.165, 1.54) is 0 Å². The van der Waals surface area contributed by atoms with Gasteiger partial charge in [-0.25, -0.2) is 0 Å². The number of nitrogen functional groups attached to an aromatic ring is 1. The van der Waals surface area contributed by atoms with Crippen LogP contribution in [-0.4, -0.2) is 40.9 Å². The molecule has 0 amide bonds. The summed E-state index contributed by atoms with van der Waals surface area (Å²) in [6, 6.07) is 1.76. The van der Waals surface area contributed by atoms with Crippen LogP contribution in [0.15, 0.2) is 6.07 Å². The van der Waals surface area contributed by atoms with Gasteiger partial charge in [-0.2, -0.15) is 9.97 Å². The Bertz CT molecular complexity index is 398. The standard InChI is InChI=1S/C11H18N4O2/c1-11(16)3-5-15(6-4-11)8-7-9(17-2)14-10(12)13-8/h7,16H,3-6H2,1-2H3,(H2,12,13,14). The van der Waals surface area contributed by atoms with Gasteiger partial charge in [0.15, 0.2) is 0 Å². The van der Waals surface area contributed by atoms with Crippen LogP contribution in [0.3, 0.4) is 0 Å². The van der Waals surface area contributed by atoms with Crippen molar-refractivity contribution < 1.29 is 9.84 Å². The highest BCUT2D eigenvalue weighted by molar-refractivity contribution is 5.45. The molecule has 1 fully saturated rings. The highest BCUT2D eigenvalue weighted by Crippen LogP contribution is 2.26. The minimum Gasteiger partial charge on any atom is -0.481 e. The molecule has 0 unspecified atom stereocenters. The lowest BCUT2D eigenvalue weighted by atomic mass is 9.94. The number of aliphatic hydroxyl groups is 1. The van der Waals surface area contributed by atoms with Crippen LogP contribution >= 0.6 is 0 Å². The second-order valence-corrected chi connectivity index (χ2v) is 4.61. The van der Waals surface area contributed by atoms with E-state index in [0.717, 1.165) is 31.7 Å². The fourth-order valence-corrected chi connectivity index (χ4v) is 1.91. The van der Waals surface area contributed by atoms with Crippen LogP contribution in [0, 0.1) is 0 Å². The average Bonchev–Trinajstić information content (AvgIpc) is 2.28. The summed E-state index contributed by atoms with van der Waals surface area (Å²) in [7, 11) is 1.55. The predicted molar refractivity (Wildman–Crippen MR) is 65.1 cm³/mol. The molecule has 1 aliphatic rings. The fraction of sp³-hybridized carbons (Fsp3) is 0.636. The third-order valence-corrected chi connectivity index (χ3v) is 3.08. The summed E-state index contributed by atoms with van der Waals surface area (Å²) in [4.78, 5) is 10.2. The van der Waals surface area contributed by atoms with Crippen molar-refractivity contribution in [3.05, 3.63) is 6.07 Å². The van der Waals surface area contributed by atoms with Crippen molar-refractivity contribution in [2.24, 2.45) is 0 Å². The molecule has 0 saturated carbocycles. The molecule has 17 heavy (non-hydrogen) atoms. The normalized spacial score (nSPS) is 19.1. The van der Waals surface area contributed by atoms with Gasteiger partial charge in [0.1, 0.15) is 5.82 Å². The molecule has 0 aliphatic carbocycles. The molecule has 2 heterocycles. The molecule has 1 aliphatic heterocycles. The Balaban J connectivity index is 2.15. The Morgan fingerprint density at radius 1 is 1.41 bits per heavy atom. The van der Waals surface area contributed by atoms with Gasteiger partial charge in [0.05, 0.1) is 12.7 Å². The average molecular weight is 238 g/mol. The van der Waals surface area contributed by atoms with E-state index in [1.54, 1.807) is 13.2 Å². The molecule has 1 aromatic heterocycles. The molecule has 6 heteroatoms. The summed E-state index contributed by atoms with van der Waals surface area (Å²) in [5, 5.41) is 9.89. The van der Waals surface area contributed by atoms with Crippen LogP contribution in [0.4, 0.5) is 11.8 Å². The van der Waals surface area contributed by atoms with E-state index >= 15 is 0 Å². The van der Waals surface area contributed by atoms with E-state index in [-0.39, 0.29) is 5.95 Å². The molecule has 2 rings (SSSR count). The Morgan fingerprint density at radius 2 is 2.06 bits per heavy atom. The number of piperidine rings is 1. The first-order valence-electron chi connectivity index (χ1n) is 5.66. The highest BCUT2D eigenvalue weighted by Gasteiger charge is 2.28. The molecule has 94 valence electrons. The maximum atomic E-state index is 9.89. The first-order chi connectivity index (χ1) is 8.00. The lowest BCUT2D eigenvalue weighted by Gasteiger charge is -2.36. The summed E-state index contributed by atoms with van der Waals surface area (Å²) >= 11 is 0. The molecule has 1 aromatic rings. The summed E-state index contributed by atoms with van der Waals surface area (Å²) in [5.74, 6) is 1.42. The number of hydrogen-bond donors (Lipinski definition) is 2. The van der Waals surface area contributed by atoms with Gasteiger partial charge < -0.3 is 20.5 Å². The van der Waals surface area contributed by atoms with E-state index < -0.39 is 5.60 Å². The van der Waals surface area contributed by atoms with E-state index in [4.69, 9.17) is 10.5 Å². The van der Waals surface area contributed by atoms with Crippen molar-refractivity contribution in [3.63, 3.8) is 0 Å². The quantitative estimate of drug-likeness (QED) is 0.776. The Kier molecular flexibility index (Phi) is 3.06. The lowest BCUT2D eigenvalue weighted by Crippen LogP contribution is -2.42. The van der Waals surface area contributed by atoms with Gasteiger partial charge in [-0.1, -0.05) is 0 Å². The van der Waals surface area contributed by atoms with Gasteiger partial charge in [0.2, 0.25) is 11.8 Å². The summed E-state index contributed by atoms with van der Waals surface area (Å²) in [5.41, 5.74) is 5.05. The summed E-state index contributed by atoms with van der Waals surface area (Å²) in [6.07, 6.45) is 1.44. The number of aromatic nitrogens is 2. The Labute approximate surface area is 100 Å². The number of ether oxygens (including phenoxy) is 1. The van der Waals surface area contributed by atoms with Gasteiger partial charge in [-0.15, -0.1) is 0 Å². The molecule has 3 N–H and O–H groups in total. The van der Waals surface area contributed by atoms with Crippen LogP contribution in [0.1, 0.15) is 19.8 Å². The van der Waals surface area contributed by atoms with Gasteiger partial charge in [0, 0.05) is 19.2 Å². The topological polar surface area (TPSA) is 84.5 Å². The fourth-order valence-electron chi connectivity index (χ4n) is 1.91. The smallest absolute Gasteiger partial charge is 0.225 e. The third-order valence-electron chi connectivity index (χ3n) is 3.08. The predicted octanol–water partition coefficient (Wildman–Crippen LogP) is 0.419. The highest BCUT2D eigenvalue weighted by atomic mass is 16.5. The van der Waals surface area contributed by atoms with Gasteiger partial charge in [0.25, 0.3) is 0 Å². The Morgan fingerprint density at radius 3 is 2.65 bits per heavy atom. The second-order valence-electron chi connectivity index (χ2n) is 4.61. The molecule has 0 aromatic carbocycles. The molecular formula is C11H18N4O2.